The van der Waals surface area contributed by atoms with Crippen LogP contribution in [0.4, 0.5) is 0 Å². The third-order valence-corrected chi connectivity index (χ3v) is 5.88. The molecule has 152 valence electrons. The molecule has 0 fully saturated rings. The fourth-order valence-corrected chi connectivity index (χ4v) is 4.36. The molecule has 2 aromatic carbocycles. The van der Waals surface area contributed by atoms with E-state index in [0.29, 0.717) is 0 Å². The first kappa shape index (κ1) is 21.6. The number of hydrogen-bond acceptors (Lipinski definition) is 3. The van der Waals surface area contributed by atoms with Crippen molar-refractivity contribution >= 4 is 62.4 Å². The highest BCUT2D eigenvalue weighted by Gasteiger charge is 2.05. The van der Waals surface area contributed by atoms with Crippen molar-refractivity contribution in [2.24, 2.45) is 4.99 Å². The Balaban J connectivity index is 0.00000240. The number of nitrogens with one attached hydrogen (secondary N) is 3. The molecular formula is C22H26IN5S. The van der Waals surface area contributed by atoms with Crippen molar-refractivity contribution in [2.75, 3.05) is 20.1 Å². The van der Waals surface area contributed by atoms with E-state index in [4.69, 9.17) is 4.98 Å². The summed E-state index contributed by atoms with van der Waals surface area (Å²) in [5.41, 5.74) is 3.62. The van der Waals surface area contributed by atoms with Gasteiger partial charge < -0.3 is 15.6 Å². The Morgan fingerprint density at radius 1 is 1.03 bits per heavy atom. The van der Waals surface area contributed by atoms with Gasteiger partial charge in [-0.2, -0.15) is 0 Å². The molecule has 0 bridgehead atoms. The lowest BCUT2D eigenvalue weighted by Gasteiger charge is -2.11. The quantitative estimate of drug-likeness (QED) is 0.143. The molecule has 4 rings (SSSR count). The average molecular weight is 519 g/mol. The maximum absolute atomic E-state index is 4.69. The van der Waals surface area contributed by atoms with Gasteiger partial charge >= 0.3 is 0 Å². The van der Waals surface area contributed by atoms with E-state index in [1.165, 1.54) is 26.2 Å². The smallest absolute Gasteiger partial charge is 0.190 e. The number of thiazole rings is 1. The second-order valence-electron chi connectivity index (χ2n) is 6.71. The number of rotatable bonds is 7. The fraction of sp³-hybridized carbons (Fsp3) is 0.273. The Bertz CT molecular complexity index is 1050. The molecule has 5 nitrogen and oxygen atoms in total. The van der Waals surface area contributed by atoms with Crippen LogP contribution in [-0.4, -0.2) is 36.1 Å². The van der Waals surface area contributed by atoms with Crippen molar-refractivity contribution in [3.63, 3.8) is 0 Å². The van der Waals surface area contributed by atoms with Gasteiger partial charge in [0, 0.05) is 43.7 Å². The molecule has 0 aliphatic heterocycles. The summed E-state index contributed by atoms with van der Waals surface area (Å²) in [7, 11) is 1.81. The van der Waals surface area contributed by atoms with Crippen LogP contribution < -0.4 is 10.6 Å². The number of aryl methyl sites for hydroxylation is 1. The SMILES string of the molecule is CN=C(NCCCc1nc2ccccc2s1)NCCc1c[nH]c2ccccc12.I. The maximum atomic E-state index is 4.69. The molecule has 0 aliphatic carbocycles. The summed E-state index contributed by atoms with van der Waals surface area (Å²) in [4.78, 5) is 12.3. The lowest BCUT2D eigenvalue weighted by Crippen LogP contribution is -2.38. The van der Waals surface area contributed by atoms with Crippen LogP contribution in [0.2, 0.25) is 0 Å². The molecule has 0 spiro atoms. The Morgan fingerprint density at radius 3 is 2.69 bits per heavy atom. The maximum Gasteiger partial charge on any atom is 0.190 e. The number of aliphatic imine (C=N–C) groups is 1. The third kappa shape index (κ3) is 5.48. The topological polar surface area (TPSA) is 65.1 Å². The third-order valence-electron chi connectivity index (χ3n) is 4.78. The van der Waals surface area contributed by atoms with Gasteiger partial charge in [-0.25, -0.2) is 4.98 Å². The number of H-pyrrole nitrogens is 1. The number of guanidine groups is 1. The van der Waals surface area contributed by atoms with Crippen LogP contribution in [0, 0.1) is 0 Å². The number of benzene rings is 2. The second-order valence-corrected chi connectivity index (χ2v) is 7.83. The predicted molar refractivity (Wildman–Crippen MR) is 135 cm³/mol. The molecule has 0 aliphatic rings. The first-order chi connectivity index (χ1) is 13.8. The Hall–Kier alpha value is -2.13. The fourth-order valence-electron chi connectivity index (χ4n) is 3.35. The lowest BCUT2D eigenvalue weighted by molar-refractivity contribution is 0.738. The van der Waals surface area contributed by atoms with Gasteiger partial charge in [0.05, 0.1) is 15.2 Å². The molecule has 4 aromatic rings. The number of hydrogen-bond donors (Lipinski definition) is 3. The number of nitrogens with zero attached hydrogens (tertiary/aromatic N) is 2. The Labute approximate surface area is 192 Å². The van der Waals surface area contributed by atoms with Gasteiger partial charge in [-0.15, -0.1) is 35.3 Å². The lowest BCUT2D eigenvalue weighted by atomic mass is 10.1. The predicted octanol–water partition coefficient (Wildman–Crippen LogP) is 4.74. The van der Waals surface area contributed by atoms with Crippen molar-refractivity contribution in [3.8, 4) is 0 Å². The zero-order chi connectivity index (χ0) is 19.2. The highest BCUT2D eigenvalue weighted by molar-refractivity contribution is 14.0. The van der Waals surface area contributed by atoms with Crippen LogP contribution >= 0.6 is 35.3 Å². The van der Waals surface area contributed by atoms with Gasteiger partial charge in [0.15, 0.2) is 5.96 Å². The van der Waals surface area contributed by atoms with Crippen LogP contribution in [0.15, 0.2) is 59.7 Å². The van der Waals surface area contributed by atoms with Crippen LogP contribution in [0.25, 0.3) is 21.1 Å². The Kier molecular flexibility index (Phi) is 7.88. The molecule has 29 heavy (non-hydrogen) atoms. The molecule has 7 heteroatoms. The van der Waals surface area contributed by atoms with Crippen molar-refractivity contribution in [2.45, 2.75) is 19.3 Å². The molecule has 0 saturated carbocycles. The minimum atomic E-state index is 0. The van der Waals surface area contributed by atoms with E-state index < -0.39 is 0 Å². The number of halogens is 1. The zero-order valence-corrected chi connectivity index (χ0v) is 19.6. The standard InChI is InChI=1S/C22H25N5S.HI/c1-23-22(25-14-12-16-15-26-18-8-3-2-7-17(16)18)24-13-6-11-21-27-19-9-4-5-10-20(19)28-21;/h2-5,7-10,15,26H,6,11-14H2,1H3,(H2,23,24,25);1H. The summed E-state index contributed by atoms with van der Waals surface area (Å²) in [6, 6.07) is 16.7. The number of aromatic amines is 1. The van der Waals surface area contributed by atoms with Crippen LogP contribution in [0.5, 0.6) is 0 Å². The van der Waals surface area contributed by atoms with Gasteiger partial charge in [0.25, 0.3) is 0 Å². The van der Waals surface area contributed by atoms with Gasteiger partial charge in [0.2, 0.25) is 0 Å². The van der Waals surface area contributed by atoms with Crippen molar-refractivity contribution in [1.82, 2.24) is 20.6 Å². The van der Waals surface area contributed by atoms with E-state index in [-0.39, 0.29) is 24.0 Å². The highest BCUT2D eigenvalue weighted by atomic mass is 127. The number of aromatic nitrogens is 2. The monoisotopic (exact) mass is 519 g/mol. The number of para-hydroxylation sites is 2. The summed E-state index contributed by atoms with van der Waals surface area (Å²) in [5.74, 6) is 0.851. The average Bonchev–Trinajstić information content (AvgIpc) is 3.33. The van der Waals surface area contributed by atoms with Gasteiger partial charge in [0.1, 0.15) is 0 Å². The number of fused-ring (bicyclic) bond motifs is 2. The highest BCUT2D eigenvalue weighted by Crippen LogP contribution is 2.22. The molecule has 0 amide bonds. The molecule has 0 unspecified atom stereocenters. The second kappa shape index (κ2) is 10.6. The zero-order valence-electron chi connectivity index (χ0n) is 16.4. The first-order valence-electron chi connectivity index (χ1n) is 9.67. The minimum Gasteiger partial charge on any atom is -0.361 e. The molecule has 2 heterocycles. The van der Waals surface area contributed by atoms with Crippen LogP contribution in [0.3, 0.4) is 0 Å². The van der Waals surface area contributed by atoms with E-state index in [0.717, 1.165) is 43.8 Å². The summed E-state index contributed by atoms with van der Waals surface area (Å²) < 4.78 is 1.26. The van der Waals surface area contributed by atoms with Gasteiger partial charge in [-0.3, -0.25) is 4.99 Å². The van der Waals surface area contributed by atoms with Gasteiger partial charge in [-0.05, 0) is 36.6 Å². The normalized spacial score (nSPS) is 11.6. The van der Waals surface area contributed by atoms with Crippen molar-refractivity contribution in [3.05, 3.63) is 65.3 Å². The Morgan fingerprint density at radius 2 is 1.83 bits per heavy atom. The molecule has 0 radical (unpaired) electrons. The summed E-state index contributed by atoms with van der Waals surface area (Å²) >= 11 is 1.79. The van der Waals surface area contributed by atoms with Crippen molar-refractivity contribution < 1.29 is 0 Å². The van der Waals surface area contributed by atoms with Crippen molar-refractivity contribution in [1.29, 1.82) is 0 Å². The summed E-state index contributed by atoms with van der Waals surface area (Å²) in [5, 5.41) is 9.30. The molecular weight excluding hydrogens is 493 g/mol. The van der Waals surface area contributed by atoms with E-state index in [1.54, 1.807) is 11.3 Å². The summed E-state index contributed by atoms with van der Waals surface area (Å²) in [6.07, 6.45) is 5.07. The van der Waals surface area contributed by atoms with Crippen LogP contribution in [0.1, 0.15) is 17.0 Å². The molecule has 0 atom stereocenters. The summed E-state index contributed by atoms with van der Waals surface area (Å²) in [6.45, 7) is 1.72. The minimum absolute atomic E-state index is 0. The van der Waals surface area contributed by atoms with Gasteiger partial charge in [-0.1, -0.05) is 30.3 Å². The largest absolute Gasteiger partial charge is 0.361 e. The first-order valence-corrected chi connectivity index (χ1v) is 10.5. The van der Waals surface area contributed by atoms with E-state index in [2.05, 4.69) is 69.3 Å². The van der Waals surface area contributed by atoms with Crippen LogP contribution in [-0.2, 0) is 12.8 Å². The van der Waals surface area contributed by atoms with E-state index in [9.17, 15) is 0 Å². The van der Waals surface area contributed by atoms with E-state index >= 15 is 0 Å². The molecule has 0 saturated heterocycles. The molecule has 2 aromatic heterocycles. The van der Waals surface area contributed by atoms with E-state index in [1.807, 2.05) is 13.1 Å². The molecule has 3 N–H and O–H groups in total.